The van der Waals surface area contributed by atoms with Crippen molar-refractivity contribution in [2.75, 3.05) is 6.54 Å². The van der Waals surface area contributed by atoms with E-state index in [1.54, 1.807) is 39.8 Å². The minimum Gasteiger partial charge on any atom is -0.460 e. The first-order chi connectivity index (χ1) is 23.1. The number of aromatic nitrogens is 1. The molecule has 2 aromatic rings. The van der Waals surface area contributed by atoms with Crippen LogP contribution in [0.2, 0.25) is 0 Å². The van der Waals surface area contributed by atoms with E-state index in [1.807, 2.05) is 24.3 Å². The number of carbonyl (C=O) groups is 4. The number of oxazole rings is 1. The molecule has 0 spiro atoms. The summed E-state index contributed by atoms with van der Waals surface area (Å²) < 4.78 is 44.9. The Labute approximate surface area is 287 Å². The summed E-state index contributed by atoms with van der Waals surface area (Å²) in [6.45, 7) is 6.97. The summed E-state index contributed by atoms with van der Waals surface area (Å²) in [5, 5.41) is 0. The van der Waals surface area contributed by atoms with Crippen LogP contribution >= 0.6 is 0 Å². The van der Waals surface area contributed by atoms with Crippen molar-refractivity contribution in [1.29, 1.82) is 0 Å². The van der Waals surface area contributed by atoms with Crippen LogP contribution in [0.5, 0.6) is 6.08 Å². The van der Waals surface area contributed by atoms with E-state index in [0.29, 0.717) is 43.2 Å². The fraction of sp³-hybridized carbons (Fsp3) is 0.639. The van der Waals surface area contributed by atoms with Crippen molar-refractivity contribution in [2.45, 2.75) is 121 Å². The number of nitrogens with one attached hydrogen (secondary N) is 1. The molecule has 5 atom stereocenters. The average molecular weight is 698 g/mol. The van der Waals surface area contributed by atoms with Gasteiger partial charge >= 0.3 is 12.0 Å². The van der Waals surface area contributed by atoms with E-state index in [1.165, 1.54) is 4.90 Å². The van der Waals surface area contributed by atoms with E-state index in [0.717, 1.165) is 19.3 Å². The Kier molecular flexibility index (Phi) is 9.44. The third-order valence-electron chi connectivity index (χ3n) is 10.3. The number of benzene rings is 1. The molecule has 49 heavy (non-hydrogen) atoms. The summed E-state index contributed by atoms with van der Waals surface area (Å²) in [6, 6.07) is 6.23. The number of esters is 1. The van der Waals surface area contributed by atoms with E-state index < -0.39 is 55.7 Å². The number of nitrogens with zero attached hydrogens (tertiary/aromatic N) is 2. The second-order valence-corrected chi connectivity index (χ2v) is 17.7. The third-order valence-corrected chi connectivity index (χ3v) is 12.5. The molecule has 12 nitrogen and oxygen atoms in total. The molecule has 1 saturated heterocycles. The van der Waals surface area contributed by atoms with Crippen molar-refractivity contribution in [3.63, 3.8) is 0 Å². The Morgan fingerprint density at radius 3 is 2.59 bits per heavy atom. The Balaban J connectivity index is 1.29. The molecular weight excluding hydrogens is 650 g/mol. The van der Waals surface area contributed by atoms with Crippen molar-refractivity contribution in [3.05, 3.63) is 36.4 Å². The topological polar surface area (TPSA) is 162 Å². The summed E-state index contributed by atoms with van der Waals surface area (Å²) in [7, 11) is -3.92. The van der Waals surface area contributed by atoms with E-state index in [2.05, 4.69) is 9.71 Å². The molecule has 1 aromatic carbocycles. The standard InChI is InChI=1S/C36H47N3O9S/c1-34(2,3)48-30(41)18-23-12-8-6-5-7-9-13-24-20-36(24,32(43)38-49(44,45)35(4)16-17-35)21-28(40)27-19-25(22-39(27)31(23)42)46-33-37-26-14-10-11-15-29(26)47-33/h9-11,13-15,23-25,27H,5-8,12,16-22H2,1-4H3,(H,38,43)/b13-9-/t23-,24-,25-,27+,36-/m1/s1. The number of ether oxygens (including phenoxy) is 2. The highest BCUT2D eigenvalue weighted by atomic mass is 32.2. The lowest BCUT2D eigenvalue weighted by Crippen LogP contribution is -2.47. The van der Waals surface area contributed by atoms with Gasteiger partial charge in [-0.3, -0.25) is 23.9 Å². The first-order valence-corrected chi connectivity index (χ1v) is 18.9. The maximum Gasteiger partial charge on any atom is 0.394 e. The summed E-state index contributed by atoms with van der Waals surface area (Å²) in [5.74, 6) is -2.90. The number of amides is 2. The van der Waals surface area contributed by atoms with Crippen LogP contribution in [0.4, 0.5) is 0 Å². The number of fused-ring (bicyclic) bond motifs is 3. The van der Waals surface area contributed by atoms with Gasteiger partial charge in [-0.2, -0.15) is 4.98 Å². The lowest BCUT2D eigenvalue weighted by Gasteiger charge is -2.29. The first-order valence-electron chi connectivity index (χ1n) is 17.4. The minimum absolute atomic E-state index is 0.0150. The third kappa shape index (κ3) is 7.71. The van der Waals surface area contributed by atoms with E-state index >= 15 is 0 Å². The van der Waals surface area contributed by atoms with Gasteiger partial charge in [-0.25, -0.2) is 8.42 Å². The molecule has 13 heteroatoms. The molecule has 1 aromatic heterocycles. The number of rotatable bonds is 7. The highest BCUT2D eigenvalue weighted by molar-refractivity contribution is 7.91. The largest absolute Gasteiger partial charge is 0.460 e. The van der Waals surface area contributed by atoms with Gasteiger partial charge in [0.05, 0.1) is 29.2 Å². The second-order valence-electron chi connectivity index (χ2n) is 15.5. The molecule has 2 amide bonds. The molecule has 3 fully saturated rings. The zero-order valence-electron chi connectivity index (χ0n) is 28.7. The molecule has 2 saturated carbocycles. The van der Waals surface area contributed by atoms with Gasteiger partial charge in [0.15, 0.2) is 11.4 Å². The van der Waals surface area contributed by atoms with Gasteiger partial charge in [-0.15, -0.1) is 0 Å². The molecule has 0 radical (unpaired) electrons. The Bertz CT molecular complexity index is 1720. The number of allylic oxidation sites excluding steroid dienone is 2. The molecule has 0 unspecified atom stereocenters. The lowest BCUT2D eigenvalue weighted by atomic mass is 9.90. The van der Waals surface area contributed by atoms with Crippen LogP contribution in [-0.4, -0.2) is 70.9 Å². The van der Waals surface area contributed by atoms with Gasteiger partial charge in [0.25, 0.3) is 0 Å². The quantitative estimate of drug-likeness (QED) is 0.308. The zero-order valence-corrected chi connectivity index (χ0v) is 29.6. The van der Waals surface area contributed by atoms with Crippen molar-refractivity contribution >= 4 is 44.7 Å². The molecule has 4 aliphatic rings. The monoisotopic (exact) mass is 697 g/mol. The summed E-state index contributed by atoms with van der Waals surface area (Å²) >= 11 is 0. The number of carbonyl (C=O) groups excluding carboxylic acids is 4. The molecule has 266 valence electrons. The minimum atomic E-state index is -3.92. The molecule has 2 aliphatic heterocycles. The molecule has 0 bridgehead atoms. The molecule has 3 heterocycles. The Hall–Kier alpha value is -3.74. The fourth-order valence-corrected chi connectivity index (χ4v) is 8.38. The lowest BCUT2D eigenvalue weighted by molar-refractivity contribution is -0.159. The highest BCUT2D eigenvalue weighted by Gasteiger charge is 2.62. The van der Waals surface area contributed by atoms with E-state index in [9.17, 15) is 27.6 Å². The van der Waals surface area contributed by atoms with Crippen molar-refractivity contribution in [1.82, 2.24) is 14.6 Å². The first kappa shape index (κ1) is 35.1. The maximum atomic E-state index is 14.4. The van der Waals surface area contributed by atoms with Gasteiger partial charge in [-0.1, -0.05) is 37.1 Å². The maximum absolute atomic E-state index is 14.4. The van der Waals surface area contributed by atoms with Crippen LogP contribution < -0.4 is 9.46 Å². The highest BCUT2D eigenvalue weighted by Crippen LogP contribution is 2.57. The number of hydrogen-bond donors (Lipinski definition) is 1. The smallest absolute Gasteiger partial charge is 0.394 e. The number of para-hydroxylation sites is 2. The Morgan fingerprint density at radius 1 is 1.12 bits per heavy atom. The van der Waals surface area contributed by atoms with Gasteiger partial charge in [-0.05, 0) is 84.3 Å². The van der Waals surface area contributed by atoms with Crippen LogP contribution in [0.25, 0.3) is 11.1 Å². The fourth-order valence-electron chi connectivity index (χ4n) is 7.05. The molecular formula is C36H47N3O9S. The Morgan fingerprint density at radius 2 is 1.88 bits per heavy atom. The van der Waals surface area contributed by atoms with Crippen LogP contribution in [0.3, 0.4) is 0 Å². The number of ketones is 1. The number of sulfonamides is 1. The van der Waals surface area contributed by atoms with Gasteiger partial charge in [0.1, 0.15) is 17.2 Å². The van der Waals surface area contributed by atoms with Crippen molar-refractivity contribution in [2.24, 2.45) is 17.3 Å². The average Bonchev–Trinajstić information content (AvgIpc) is 3.82. The van der Waals surface area contributed by atoms with E-state index in [-0.39, 0.29) is 49.5 Å². The zero-order chi connectivity index (χ0) is 35.2. The van der Waals surface area contributed by atoms with Gasteiger partial charge in [0, 0.05) is 18.8 Å². The predicted octanol–water partition coefficient (Wildman–Crippen LogP) is 5.01. The van der Waals surface area contributed by atoms with Crippen molar-refractivity contribution < 1.29 is 41.5 Å². The number of Topliss-reactive ketones (excluding diaryl/α,β-unsaturated/α-hetero) is 1. The number of hydrogen-bond acceptors (Lipinski definition) is 10. The second kappa shape index (κ2) is 13.2. The molecule has 6 rings (SSSR count). The van der Waals surface area contributed by atoms with Crippen molar-refractivity contribution in [3.8, 4) is 6.08 Å². The molecule has 2 aliphatic carbocycles. The summed E-state index contributed by atoms with van der Waals surface area (Å²) in [5.41, 5.74) is -0.830. The van der Waals surface area contributed by atoms with Gasteiger partial charge < -0.3 is 18.8 Å². The summed E-state index contributed by atoms with van der Waals surface area (Å²) in [4.78, 5) is 61.3. The van der Waals surface area contributed by atoms with Crippen LogP contribution in [0, 0.1) is 17.3 Å². The van der Waals surface area contributed by atoms with Crippen LogP contribution in [0.15, 0.2) is 40.8 Å². The normalized spacial score (nSPS) is 29.6. The van der Waals surface area contributed by atoms with Crippen LogP contribution in [0.1, 0.15) is 98.3 Å². The van der Waals surface area contributed by atoms with Gasteiger partial charge in [0.2, 0.25) is 21.8 Å². The summed E-state index contributed by atoms with van der Waals surface area (Å²) in [6.07, 6.45) is 7.87. The van der Waals surface area contributed by atoms with Crippen LogP contribution in [-0.2, 0) is 33.9 Å². The van der Waals surface area contributed by atoms with E-state index in [4.69, 9.17) is 13.9 Å². The SMILES string of the molecule is CC(C)(C)OC(=O)C[C@H]1CCCCC/C=C\[C@@H]2C[C@@]2(C(=O)NS(=O)(=O)C2(C)CC2)CC(=O)[C@@H]2C[C@@H](Oc3nc4ccccc4o3)CN2C1=O. The molecule has 1 N–H and O–H groups in total. The predicted molar refractivity (Wildman–Crippen MR) is 180 cm³/mol.